The molecule has 1 heterocycles. The molecule has 124 valence electrons. The van der Waals surface area contributed by atoms with Gasteiger partial charge in [0.2, 0.25) is 5.91 Å². The van der Waals surface area contributed by atoms with Gasteiger partial charge in [0.25, 0.3) is 5.91 Å². The van der Waals surface area contributed by atoms with Crippen molar-refractivity contribution in [1.82, 2.24) is 10.2 Å². The fraction of sp³-hybridized carbons (Fsp3) is 0.222. The Morgan fingerprint density at radius 2 is 1.96 bits per heavy atom. The van der Waals surface area contributed by atoms with E-state index < -0.39 is 6.04 Å². The SMILES string of the molecule is CN1C(=O)C[C@H](NC(=O)c2cccc(O)c2)[C@H]1c1ccc(F)cc1. The van der Waals surface area contributed by atoms with Gasteiger partial charge in [-0.3, -0.25) is 9.59 Å². The van der Waals surface area contributed by atoms with Gasteiger partial charge in [-0.05, 0) is 35.9 Å². The Kier molecular flexibility index (Phi) is 4.20. The van der Waals surface area contributed by atoms with E-state index in [2.05, 4.69) is 5.32 Å². The van der Waals surface area contributed by atoms with Gasteiger partial charge in [0, 0.05) is 19.0 Å². The number of nitrogens with zero attached hydrogens (tertiary/aromatic N) is 1. The maximum absolute atomic E-state index is 13.1. The summed E-state index contributed by atoms with van der Waals surface area (Å²) in [5, 5.41) is 12.3. The van der Waals surface area contributed by atoms with Gasteiger partial charge in [0.05, 0.1) is 12.1 Å². The molecule has 24 heavy (non-hydrogen) atoms. The maximum atomic E-state index is 13.1. The molecule has 0 spiro atoms. The average Bonchev–Trinajstić information content (AvgIpc) is 2.83. The fourth-order valence-electron chi connectivity index (χ4n) is 3.01. The third-order valence-corrected chi connectivity index (χ3v) is 4.22. The zero-order valence-electron chi connectivity index (χ0n) is 13.1. The number of aromatic hydroxyl groups is 1. The summed E-state index contributed by atoms with van der Waals surface area (Å²) in [5.41, 5.74) is 1.07. The first-order chi connectivity index (χ1) is 11.5. The van der Waals surface area contributed by atoms with E-state index >= 15 is 0 Å². The van der Waals surface area contributed by atoms with Crippen LogP contribution in [0.15, 0.2) is 48.5 Å². The highest BCUT2D eigenvalue weighted by Crippen LogP contribution is 2.32. The summed E-state index contributed by atoms with van der Waals surface area (Å²) in [6, 6.07) is 11.1. The van der Waals surface area contributed by atoms with Crippen molar-refractivity contribution in [1.29, 1.82) is 0 Å². The first-order valence-corrected chi connectivity index (χ1v) is 7.57. The molecule has 2 amide bonds. The molecule has 6 heteroatoms. The van der Waals surface area contributed by atoms with Crippen molar-refractivity contribution in [3.05, 3.63) is 65.5 Å². The van der Waals surface area contributed by atoms with E-state index in [0.29, 0.717) is 5.56 Å². The number of hydrogen-bond acceptors (Lipinski definition) is 3. The zero-order chi connectivity index (χ0) is 17.3. The summed E-state index contributed by atoms with van der Waals surface area (Å²) < 4.78 is 13.1. The number of hydrogen-bond donors (Lipinski definition) is 2. The third kappa shape index (κ3) is 3.08. The standard InChI is InChI=1S/C18H17FN2O3/c1-21-16(23)10-15(17(21)11-5-7-13(19)8-6-11)20-18(24)12-3-2-4-14(22)9-12/h2-9,15,17,22H,10H2,1H3,(H,20,24)/t15-,17+/m0/s1. The van der Waals surface area contributed by atoms with Crippen molar-refractivity contribution in [2.24, 2.45) is 0 Å². The lowest BCUT2D eigenvalue weighted by Crippen LogP contribution is -2.39. The Bertz CT molecular complexity index is 776. The minimum atomic E-state index is -0.428. The largest absolute Gasteiger partial charge is 0.508 e. The topological polar surface area (TPSA) is 69.6 Å². The highest BCUT2D eigenvalue weighted by molar-refractivity contribution is 5.95. The molecule has 3 rings (SSSR count). The molecule has 1 aliphatic heterocycles. The number of phenolic OH excluding ortho intramolecular Hbond substituents is 1. The molecular formula is C18H17FN2O3. The minimum absolute atomic E-state index is 0.00245. The summed E-state index contributed by atoms with van der Waals surface area (Å²) in [6.45, 7) is 0. The van der Waals surface area contributed by atoms with Crippen LogP contribution in [0.2, 0.25) is 0 Å². The number of phenols is 1. The molecule has 2 aromatic rings. The molecule has 0 bridgehead atoms. The maximum Gasteiger partial charge on any atom is 0.251 e. The molecule has 5 nitrogen and oxygen atoms in total. The van der Waals surface area contributed by atoms with Gasteiger partial charge in [-0.2, -0.15) is 0 Å². The van der Waals surface area contributed by atoms with E-state index in [1.165, 1.54) is 24.3 Å². The predicted octanol–water partition coefficient (Wildman–Crippen LogP) is 2.23. The lowest BCUT2D eigenvalue weighted by molar-refractivity contribution is -0.127. The van der Waals surface area contributed by atoms with Crippen LogP contribution in [0.25, 0.3) is 0 Å². The molecule has 0 saturated carbocycles. The van der Waals surface area contributed by atoms with E-state index in [1.807, 2.05) is 0 Å². The third-order valence-electron chi connectivity index (χ3n) is 4.22. The van der Waals surface area contributed by atoms with Crippen molar-refractivity contribution < 1.29 is 19.1 Å². The van der Waals surface area contributed by atoms with Crippen LogP contribution < -0.4 is 5.32 Å². The fourth-order valence-corrected chi connectivity index (χ4v) is 3.01. The molecule has 2 N–H and O–H groups in total. The van der Waals surface area contributed by atoms with Gasteiger partial charge in [-0.1, -0.05) is 18.2 Å². The molecule has 0 radical (unpaired) electrons. The van der Waals surface area contributed by atoms with Crippen LogP contribution >= 0.6 is 0 Å². The first kappa shape index (κ1) is 16.0. The van der Waals surface area contributed by atoms with Crippen molar-refractivity contribution >= 4 is 11.8 Å². The van der Waals surface area contributed by atoms with E-state index in [9.17, 15) is 19.1 Å². The van der Waals surface area contributed by atoms with Crippen LogP contribution in [0.3, 0.4) is 0 Å². The predicted molar refractivity (Wildman–Crippen MR) is 85.9 cm³/mol. The van der Waals surface area contributed by atoms with Crippen LogP contribution in [0.4, 0.5) is 4.39 Å². The first-order valence-electron chi connectivity index (χ1n) is 7.57. The molecule has 0 unspecified atom stereocenters. The lowest BCUT2D eigenvalue weighted by Gasteiger charge is -2.26. The molecule has 2 aromatic carbocycles. The Balaban J connectivity index is 1.84. The van der Waals surface area contributed by atoms with Crippen molar-refractivity contribution in [3.8, 4) is 5.75 Å². The van der Waals surface area contributed by atoms with Crippen LogP contribution in [0.1, 0.15) is 28.4 Å². The Morgan fingerprint density at radius 3 is 2.62 bits per heavy atom. The van der Waals surface area contributed by atoms with Crippen LogP contribution in [-0.4, -0.2) is 34.9 Å². The van der Waals surface area contributed by atoms with Gasteiger partial charge in [0.15, 0.2) is 0 Å². The Labute approximate surface area is 138 Å². The smallest absolute Gasteiger partial charge is 0.251 e. The van der Waals surface area contributed by atoms with Crippen molar-refractivity contribution in [2.75, 3.05) is 7.05 Å². The number of nitrogens with one attached hydrogen (secondary N) is 1. The van der Waals surface area contributed by atoms with E-state index in [0.717, 1.165) is 5.56 Å². The summed E-state index contributed by atoms with van der Waals surface area (Å²) >= 11 is 0. The Morgan fingerprint density at radius 1 is 1.25 bits per heavy atom. The summed E-state index contributed by atoms with van der Waals surface area (Å²) in [4.78, 5) is 26.0. The molecule has 0 aliphatic carbocycles. The minimum Gasteiger partial charge on any atom is -0.508 e. The van der Waals surface area contributed by atoms with Crippen LogP contribution in [0.5, 0.6) is 5.75 Å². The average molecular weight is 328 g/mol. The molecule has 1 fully saturated rings. The number of benzene rings is 2. The number of carbonyl (C=O) groups is 2. The number of likely N-dealkylation sites (tertiary alicyclic amines) is 1. The monoisotopic (exact) mass is 328 g/mol. The number of rotatable bonds is 3. The molecule has 2 atom stereocenters. The quantitative estimate of drug-likeness (QED) is 0.908. The van der Waals surface area contributed by atoms with Crippen molar-refractivity contribution in [2.45, 2.75) is 18.5 Å². The number of halogens is 1. The normalized spacial score (nSPS) is 20.2. The molecule has 1 aliphatic rings. The summed E-state index contributed by atoms with van der Waals surface area (Å²) in [6.07, 6.45) is 0.170. The van der Waals surface area contributed by atoms with Gasteiger partial charge < -0.3 is 15.3 Å². The van der Waals surface area contributed by atoms with E-state index in [1.54, 1.807) is 36.2 Å². The summed E-state index contributed by atoms with van der Waals surface area (Å²) in [7, 11) is 1.66. The van der Waals surface area contributed by atoms with E-state index in [-0.39, 0.29) is 35.8 Å². The van der Waals surface area contributed by atoms with Gasteiger partial charge >= 0.3 is 0 Å². The second-order valence-electron chi connectivity index (χ2n) is 5.84. The zero-order valence-corrected chi connectivity index (χ0v) is 13.1. The second kappa shape index (κ2) is 6.31. The molecule has 1 saturated heterocycles. The van der Waals surface area contributed by atoms with Crippen LogP contribution in [0, 0.1) is 5.82 Å². The number of amides is 2. The Hall–Kier alpha value is -2.89. The molecular weight excluding hydrogens is 311 g/mol. The highest BCUT2D eigenvalue weighted by atomic mass is 19.1. The number of likely N-dealkylation sites (N-methyl/N-ethyl adjacent to an activating group) is 1. The van der Waals surface area contributed by atoms with Gasteiger partial charge in [0.1, 0.15) is 11.6 Å². The molecule has 0 aromatic heterocycles. The highest BCUT2D eigenvalue weighted by Gasteiger charge is 2.39. The number of carbonyl (C=O) groups excluding carboxylic acids is 2. The van der Waals surface area contributed by atoms with Gasteiger partial charge in [-0.15, -0.1) is 0 Å². The second-order valence-corrected chi connectivity index (χ2v) is 5.84. The summed E-state index contributed by atoms with van der Waals surface area (Å²) in [5.74, 6) is -0.819. The van der Waals surface area contributed by atoms with Crippen molar-refractivity contribution in [3.63, 3.8) is 0 Å². The van der Waals surface area contributed by atoms with E-state index in [4.69, 9.17) is 0 Å². The lowest BCUT2D eigenvalue weighted by atomic mass is 9.99. The van der Waals surface area contributed by atoms with Crippen LogP contribution in [-0.2, 0) is 4.79 Å². The van der Waals surface area contributed by atoms with Gasteiger partial charge in [-0.25, -0.2) is 4.39 Å².